The molecule has 0 atom stereocenters. The van der Waals surface area contributed by atoms with Crippen LogP contribution in [0.25, 0.3) is 53.9 Å². The Kier molecular flexibility index (Phi) is 11.5. The average Bonchev–Trinajstić information content (AvgIpc) is 2.11. The van der Waals surface area contributed by atoms with E-state index in [0.717, 1.165) is 56.3 Å². The van der Waals surface area contributed by atoms with Gasteiger partial charge in [0.1, 0.15) is 24.2 Å². The summed E-state index contributed by atoms with van der Waals surface area (Å²) >= 11 is 0. The molecule has 0 aliphatic carbocycles. The maximum absolute atomic E-state index is 6.08. The molecule has 1 aromatic heterocycles. The van der Waals surface area contributed by atoms with Crippen molar-refractivity contribution in [2.24, 2.45) is 30.0 Å². The lowest BCUT2D eigenvalue weighted by Crippen LogP contribution is -2.34. The number of aryl methyl sites for hydroxylation is 16. The molecule has 9 aromatic rings. The van der Waals surface area contributed by atoms with Crippen LogP contribution in [0.3, 0.4) is 0 Å². The van der Waals surface area contributed by atoms with Crippen molar-refractivity contribution < 1.29 is 0 Å². The molecule has 0 radical (unpaired) electrons. The fraction of sp³-hybridized carbons (Fsp3) is 0.351. The lowest BCUT2D eigenvalue weighted by Gasteiger charge is -2.23. The Labute approximate surface area is 484 Å². The van der Waals surface area contributed by atoms with Gasteiger partial charge in [-0.15, -0.1) is 0 Å². The summed E-state index contributed by atoms with van der Waals surface area (Å²) in [5.74, 6) is 5.30. The molecule has 0 spiro atoms. The van der Waals surface area contributed by atoms with Gasteiger partial charge < -0.3 is 4.57 Å². The molecule has 0 unspecified atom stereocenters. The van der Waals surface area contributed by atoms with Gasteiger partial charge in [-0.25, -0.2) is 25.0 Å². The quantitative estimate of drug-likeness (QED) is 0.149. The van der Waals surface area contributed by atoms with Gasteiger partial charge in [-0.05, 0) is 343 Å². The third-order valence-electron chi connectivity index (χ3n) is 22.0. The molecule has 4 aliphatic heterocycles. The number of amidine groups is 6. The summed E-state index contributed by atoms with van der Waals surface area (Å²) in [5.41, 5.74) is 37.1. The van der Waals surface area contributed by atoms with Crippen LogP contribution in [0.2, 0.25) is 0 Å². The van der Waals surface area contributed by atoms with Gasteiger partial charge in [-0.2, -0.15) is 0 Å². The molecule has 0 N–H and O–H groups in total. The summed E-state index contributed by atoms with van der Waals surface area (Å²) < 4.78 is 2.39. The van der Waals surface area contributed by atoms with Crippen LogP contribution in [0.5, 0.6) is 0 Å². The largest absolute Gasteiger partial charge is 0.313 e. The second-order valence-electron chi connectivity index (χ2n) is 25.3. The molecule has 2 bridgehead atoms. The van der Waals surface area contributed by atoms with Crippen molar-refractivity contribution in [2.45, 2.75) is 173 Å². The van der Waals surface area contributed by atoms with E-state index in [-0.39, 0.29) is 0 Å². The number of rotatable bonds is 0. The van der Waals surface area contributed by atoms with Gasteiger partial charge in [-0.3, -0.25) is 9.89 Å². The van der Waals surface area contributed by atoms with Crippen LogP contribution in [-0.2, 0) is 6.67 Å². The second-order valence-corrected chi connectivity index (χ2v) is 25.3. The van der Waals surface area contributed by atoms with E-state index < -0.39 is 0 Å². The van der Waals surface area contributed by atoms with Crippen LogP contribution in [0, 0.1) is 166 Å². The third kappa shape index (κ3) is 6.44. The fourth-order valence-corrected chi connectivity index (χ4v) is 16.3. The Bertz CT molecular complexity index is 4890. The number of benzene rings is 8. The number of aromatic nitrogens is 1. The van der Waals surface area contributed by atoms with Crippen molar-refractivity contribution in [1.29, 1.82) is 0 Å². The van der Waals surface area contributed by atoms with Crippen LogP contribution in [0.15, 0.2) is 36.2 Å². The molecule has 0 saturated heterocycles. The van der Waals surface area contributed by atoms with E-state index in [2.05, 4.69) is 182 Å². The van der Waals surface area contributed by atoms with E-state index in [9.17, 15) is 0 Å². The number of nitrogens with zero attached hydrogens (tertiary/aromatic N) is 8. The first-order valence-corrected chi connectivity index (χ1v) is 29.5. The molecular formula is C74H78N8. The van der Waals surface area contributed by atoms with Gasteiger partial charge in [0.15, 0.2) is 23.3 Å². The molecule has 82 heavy (non-hydrogen) atoms. The van der Waals surface area contributed by atoms with E-state index in [4.69, 9.17) is 30.0 Å². The number of hydrogen-bond donors (Lipinski definition) is 0. The summed E-state index contributed by atoms with van der Waals surface area (Å²) in [5, 5.41) is 12.7. The third-order valence-corrected chi connectivity index (χ3v) is 22.0. The van der Waals surface area contributed by atoms with Crippen molar-refractivity contribution in [2.75, 3.05) is 7.05 Å². The summed E-state index contributed by atoms with van der Waals surface area (Å²) in [6, 6.07) is 0. The molecule has 0 fully saturated rings. The highest BCUT2D eigenvalue weighted by molar-refractivity contribution is 6.37. The van der Waals surface area contributed by atoms with E-state index in [1.807, 2.05) is 7.05 Å². The van der Waals surface area contributed by atoms with Crippen molar-refractivity contribution in [3.63, 3.8) is 0 Å². The fourth-order valence-electron chi connectivity index (χ4n) is 16.3. The topological polar surface area (TPSA) is 82.3 Å². The van der Waals surface area contributed by atoms with Crippen molar-refractivity contribution >= 4 is 94.7 Å². The van der Waals surface area contributed by atoms with Crippen molar-refractivity contribution in [3.05, 3.63) is 173 Å². The number of hydrogen-bond acceptors (Lipinski definition) is 5. The minimum absolute atomic E-state index is 0.380. The second kappa shape index (κ2) is 17.6. The predicted molar refractivity (Wildman–Crippen MR) is 352 cm³/mol. The van der Waals surface area contributed by atoms with Crippen LogP contribution in [0.1, 0.15) is 167 Å². The molecule has 8 nitrogen and oxygen atoms in total. The molecule has 0 saturated carbocycles. The Morgan fingerprint density at radius 2 is 0.671 bits per heavy atom. The summed E-state index contributed by atoms with van der Waals surface area (Å²) in [4.78, 5) is 36.7. The molecule has 8 heteroatoms. The van der Waals surface area contributed by atoms with Crippen LogP contribution >= 0.6 is 0 Å². The predicted octanol–water partition coefficient (Wildman–Crippen LogP) is 17.8. The van der Waals surface area contributed by atoms with Crippen molar-refractivity contribution in [3.8, 4) is 0 Å². The average molecular weight is 1080 g/mol. The zero-order valence-electron chi connectivity index (χ0n) is 53.4. The Balaban J connectivity index is 1.23. The molecule has 414 valence electrons. The molecular weight excluding hydrogens is 1000 g/mol. The number of fused-ring (bicyclic) bond motifs is 15. The Morgan fingerprint density at radius 3 is 1.10 bits per heavy atom. The van der Waals surface area contributed by atoms with Gasteiger partial charge in [0.25, 0.3) is 0 Å². The maximum Gasteiger partial charge on any atom is 0.165 e. The molecule has 5 heterocycles. The molecule has 4 aliphatic rings. The monoisotopic (exact) mass is 1080 g/mol. The first-order chi connectivity index (χ1) is 38.7. The SMILES string of the molecule is C/N=C1N=C(/N=C2/c3c(c(C)c4c(C)c(C)c(C)c(C)c4c3C)/C3=N/C4=NC(=N\c5c6c(C)c7c(C)c(C)c(C)c(C)c7c(C)c6cn5CN23)/c2c4c(C)c3c(C)c(C)c(C)c(C)c3c2C)c2c\1c(C)c1c(C)c(C)c(C)c(C)c1c2C. The zero-order valence-corrected chi connectivity index (χ0v) is 53.4. The molecule has 0 amide bonds. The Morgan fingerprint density at radius 1 is 0.317 bits per heavy atom. The Hall–Kier alpha value is -7.84. The van der Waals surface area contributed by atoms with Crippen LogP contribution in [-0.4, -0.2) is 51.5 Å². The minimum Gasteiger partial charge on any atom is -0.313 e. The summed E-state index contributed by atoms with van der Waals surface area (Å²) in [6.07, 6.45) is 2.37. The molecule has 13 rings (SSSR count). The van der Waals surface area contributed by atoms with Crippen LogP contribution in [0.4, 0.5) is 5.82 Å². The molecule has 8 aromatic carbocycles. The number of aliphatic imine (C=N–C) groups is 6. The van der Waals surface area contributed by atoms with Gasteiger partial charge in [-0.1, -0.05) is 0 Å². The van der Waals surface area contributed by atoms with Crippen LogP contribution < -0.4 is 0 Å². The lowest BCUT2D eigenvalue weighted by atomic mass is 9.82. The summed E-state index contributed by atoms with van der Waals surface area (Å²) in [7, 11) is 1.87. The summed E-state index contributed by atoms with van der Waals surface area (Å²) in [6.45, 7) is 55.4. The lowest BCUT2D eigenvalue weighted by molar-refractivity contribution is 0.490. The first kappa shape index (κ1) is 53.5. The minimum atomic E-state index is 0.380. The van der Waals surface area contributed by atoms with E-state index in [0.29, 0.717) is 30.0 Å². The van der Waals surface area contributed by atoms with Gasteiger partial charge in [0.05, 0.1) is 0 Å². The van der Waals surface area contributed by atoms with E-state index >= 15 is 0 Å². The van der Waals surface area contributed by atoms with E-state index in [1.165, 1.54) is 182 Å². The smallest absolute Gasteiger partial charge is 0.165 e. The normalized spacial score (nSPS) is 16.9. The standard InChI is InChI=1S/C74H78N8/c1-28-29(2)37(10)54-45(18)61-52(44(17)53(54)36(28)9)26-81-27-82-73(79-69-63-47(20)56-39(12)31(4)30(3)38(11)55(56)46(19)62(63)68(75-25)76-69)66-50(23)59-42(15)34(7)35(8)43(16)60(59)51(24)67(66)74(82)80-71-65-49(22)58-41(14)33(6)32(5)40(13)57(58)48(21)64(65)70(77-71)78-72(61)81/h26H,27H2,1-25H3/b75-68-,78-70-,79-73-,80-74-. The maximum atomic E-state index is 6.08. The first-order valence-electron chi connectivity index (χ1n) is 29.5. The van der Waals surface area contributed by atoms with Gasteiger partial charge >= 0.3 is 0 Å². The van der Waals surface area contributed by atoms with E-state index in [1.54, 1.807) is 0 Å². The van der Waals surface area contributed by atoms with Crippen molar-refractivity contribution in [1.82, 2.24) is 9.47 Å². The highest BCUT2D eigenvalue weighted by Gasteiger charge is 2.42. The highest BCUT2D eigenvalue weighted by Crippen LogP contribution is 2.49. The highest BCUT2D eigenvalue weighted by atomic mass is 15.4. The van der Waals surface area contributed by atoms with Gasteiger partial charge in [0.2, 0.25) is 0 Å². The zero-order chi connectivity index (χ0) is 58.9. The van der Waals surface area contributed by atoms with Gasteiger partial charge in [0, 0.05) is 57.4 Å².